The summed E-state index contributed by atoms with van der Waals surface area (Å²) >= 11 is 0. The predicted molar refractivity (Wildman–Crippen MR) is 29.3 cm³/mol. The highest BCUT2D eigenvalue weighted by Gasteiger charge is 2.37. The number of allylic oxidation sites excluding steroid dienone is 2. The molecule has 74 valence electrons. The molecule has 0 bridgehead atoms. The quantitative estimate of drug-likeness (QED) is 0.273. The highest BCUT2D eigenvalue weighted by atomic mass is 19.4. The van der Waals surface area contributed by atoms with E-state index in [1.54, 1.807) is 4.91 Å². The van der Waals surface area contributed by atoms with E-state index in [9.17, 15) is 26.3 Å². The van der Waals surface area contributed by atoms with Crippen molar-refractivity contribution in [1.29, 1.82) is 0 Å². The molecule has 9 heteroatoms. The van der Waals surface area contributed by atoms with Gasteiger partial charge in [0.05, 0.1) is 0 Å². The molecule has 13 heavy (non-hydrogen) atoms. The molecule has 0 atom stereocenters. The maximum absolute atomic E-state index is 11.6. The van der Waals surface area contributed by atoms with Crippen LogP contribution < -0.4 is 0 Å². The molecule has 0 saturated heterocycles. The molecule has 0 amide bonds. The molecule has 0 aliphatic rings. The molecule has 3 nitrogen and oxygen atoms in total. The van der Waals surface area contributed by atoms with Crippen LogP contribution >= 0.6 is 0 Å². The minimum atomic E-state index is -5.30. The van der Waals surface area contributed by atoms with Crippen LogP contribution in [0.4, 0.5) is 26.3 Å². The summed E-state index contributed by atoms with van der Waals surface area (Å²) in [7, 11) is 0. The van der Waals surface area contributed by atoms with Crippen LogP contribution in [0.3, 0.4) is 0 Å². The molecule has 0 aromatic heterocycles. The minimum Gasteiger partial charge on any atom is -0.167 e. The summed E-state index contributed by atoms with van der Waals surface area (Å²) in [6, 6.07) is 0. The van der Waals surface area contributed by atoms with Crippen LogP contribution in [0.25, 0.3) is 10.4 Å². The van der Waals surface area contributed by atoms with Gasteiger partial charge in [-0.3, -0.25) is 0 Å². The summed E-state index contributed by atoms with van der Waals surface area (Å²) < 4.78 is 69.0. The van der Waals surface area contributed by atoms with Crippen LogP contribution in [0.2, 0.25) is 0 Å². The molecule has 0 aliphatic carbocycles. The van der Waals surface area contributed by atoms with Gasteiger partial charge in [0.1, 0.15) is 5.70 Å². The smallest absolute Gasteiger partial charge is 0.167 e. The van der Waals surface area contributed by atoms with E-state index in [4.69, 9.17) is 5.53 Å². The van der Waals surface area contributed by atoms with E-state index in [1.807, 2.05) is 5.11 Å². The van der Waals surface area contributed by atoms with Crippen molar-refractivity contribution in [3.05, 3.63) is 22.2 Å². The van der Waals surface area contributed by atoms with Gasteiger partial charge in [-0.25, -0.2) is 0 Å². The van der Waals surface area contributed by atoms with Gasteiger partial charge in [0.25, 0.3) is 0 Å². The fourth-order valence-corrected chi connectivity index (χ4v) is 0.371. The van der Waals surface area contributed by atoms with Crippen LogP contribution in [0, 0.1) is 0 Å². The van der Waals surface area contributed by atoms with Gasteiger partial charge >= 0.3 is 12.4 Å². The third kappa shape index (κ3) is 4.96. The number of hydrogen-bond donors (Lipinski definition) is 0. The zero-order chi connectivity index (χ0) is 10.7. The number of hydrogen-bond acceptors (Lipinski definition) is 1. The standard InChI is InChI=1S/C4HF6N3/c5-3(6,7)1-2(12-13-11)4(8,9)10/h1H/b2-1-. The Hall–Kier alpha value is -1.37. The molecule has 0 spiro atoms. The molecule has 0 radical (unpaired) electrons. The summed E-state index contributed by atoms with van der Waals surface area (Å²) in [5.74, 6) is 0. The summed E-state index contributed by atoms with van der Waals surface area (Å²) in [6.07, 6.45) is -11.6. The Bertz CT molecular complexity index is 254. The van der Waals surface area contributed by atoms with E-state index in [0.29, 0.717) is 0 Å². The van der Waals surface area contributed by atoms with E-state index < -0.39 is 24.1 Å². The van der Waals surface area contributed by atoms with Crippen molar-refractivity contribution in [2.45, 2.75) is 12.4 Å². The van der Waals surface area contributed by atoms with Gasteiger partial charge in [-0.1, -0.05) is 5.11 Å². The van der Waals surface area contributed by atoms with Crippen molar-refractivity contribution < 1.29 is 26.3 Å². The highest BCUT2D eigenvalue weighted by Crippen LogP contribution is 2.30. The zero-order valence-corrected chi connectivity index (χ0v) is 5.69. The Balaban J connectivity index is 5.05. The first-order valence-corrected chi connectivity index (χ1v) is 2.58. The van der Waals surface area contributed by atoms with E-state index >= 15 is 0 Å². The Labute approximate surface area is 67.3 Å². The molecule has 0 N–H and O–H groups in total. The lowest BCUT2D eigenvalue weighted by atomic mass is 10.4. The van der Waals surface area contributed by atoms with E-state index in [-0.39, 0.29) is 0 Å². The number of alkyl halides is 6. The van der Waals surface area contributed by atoms with Crippen molar-refractivity contribution in [3.8, 4) is 0 Å². The lowest BCUT2D eigenvalue weighted by Crippen LogP contribution is -2.14. The molecule has 0 aromatic carbocycles. The maximum Gasteiger partial charge on any atom is 0.418 e. The number of halogens is 6. The molecule has 0 heterocycles. The Morgan fingerprint density at radius 1 is 1.15 bits per heavy atom. The molecule has 0 saturated carbocycles. The molecule has 0 fully saturated rings. The maximum atomic E-state index is 11.6. The summed E-state index contributed by atoms with van der Waals surface area (Å²) in [5.41, 5.74) is 5.23. The van der Waals surface area contributed by atoms with Gasteiger partial charge in [-0.15, -0.1) is 0 Å². The Morgan fingerprint density at radius 3 is 1.85 bits per heavy atom. The van der Waals surface area contributed by atoms with Crippen LogP contribution in [0.5, 0.6) is 0 Å². The third-order valence-electron chi connectivity index (χ3n) is 0.743. The Kier molecular flexibility index (Phi) is 3.19. The van der Waals surface area contributed by atoms with Crippen LogP contribution in [-0.4, -0.2) is 12.4 Å². The van der Waals surface area contributed by atoms with E-state index in [2.05, 4.69) is 0 Å². The molecule has 0 aliphatic heterocycles. The lowest BCUT2D eigenvalue weighted by molar-refractivity contribution is -0.108. The van der Waals surface area contributed by atoms with Gasteiger partial charge in [-0.05, 0) is 5.53 Å². The number of azide groups is 1. The molecular formula is C4HF6N3. The predicted octanol–water partition coefficient (Wildman–Crippen LogP) is 3.31. The van der Waals surface area contributed by atoms with Crippen LogP contribution in [0.15, 0.2) is 16.9 Å². The monoisotopic (exact) mass is 205 g/mol. The SMILES string of the molecule is [N-]=[N+]=N/C(=C\C(F)(F)F)C(F)(F)F. The van der Waals surface area contributed by atoms with Crippen molar-refractivity contribution in [2.24, 2.45) is 5.11 Å². The number of rotatable bonds is 1. The molecule has 0 rings (SSSR count). The normalized spacial score (nSPS) is 13.8. The molecular weight excluding hydrogens is 204 g/mol. The molecule has 0 aromatic rings. The van der Waals surface area contributed by atoms with Crippen molar-refractivity contribution in [2.75, 3.05) is 0 Å². The van der Waals surface area contributed by atoms with Crippen LogP contribution in [-0.2, 0) is 0 Å². The van der Waals surface area contributed by atoms with Gasteiger partial charge in [-0.2, -0.15) is 26.3 Å². The van der Waals surface area contributed by atoms with E-state index in [0.717, 1.165) is 0 Å². The Morgan fingerprint density at radius 2 is 1.62 bits per heavy atom. The van der Waals surface area contributed by atoms with Crippen molar-refractivity contribution >= 4 is 0 Å². The topological polar surface area (TPSA) is 48.8 Å². The summed E-state index contributed by atoms with van der Waals surface area (Å²) in [6.45, 7) is 0. The lowest BCUT2D eigenvalue weighted by Gasteiger charge is -2.06. The largest absolute Gasteiger partial charge is 0.418 e. The average molecular weight is 205 g/mol. The second kappa shape index (κ2) is 3.56. The van der Waals surface area contributed by atoms with Gasteiger partial charge < -0.3 is 0 Å². The van der Waals surface area contributed by atoms with Gasteiger partial charge in [0, 0.05) is 11.0 Å². The first-order valence-electron chi connectivity index (χ1n) is 2.58. The first kappa shape index (κ1) is 11.6. The minimum absolute atomic E-state index is 1.10. The van der Waals surface area contributed by atoms with Crippen molar-refractivity contribution in [3.63, 3.8) is 0 Å². The second-order valence-corrected chi connectivity index (χ2v) is 1.76. The third-order valence-corrected chi connectivity index (χ3v) is 0.743. The fraction of sp³-hybridized carbons (Fsp3) is 0.500. The first-order chi connectivity index (χ1) is 5.67. The summed E-state index contributed by atoms with van der Waals surface area (Å²) in [4.78, 5) is 1.62. The average Bonchev–Trinajstić information content (AvgIpc) is 1.81. The fourth-order valence-electron chi connectivity index (χ4n) is 0.371. The molecule has 0 unspecified atom stereocenters. The van der Waals surface area contributed by atoms with Crippen LogP contribution in [0.1, 0.15) is 0 Å². The number of nitrogens with zero attached hydrogens (tertiary/aromatic N) is 3. The second-order valence-electron chi connectivity index (χ2n) is 1.76. The van der Waals surface area contributed by atoms with Crippen molar-refractivity contribution in [1.82, 2.24) is 0 Å². The van der Waals surface area contributed by atoms with E-state index in [1.165, 1.54) is 0 Å². The highest BCUT2D eigenvalue weighted by molar-refractivity contribution is 5.10. The van der Waals surface area contributed by atoms with Gasteiger partial charge in [0.15, 0.2) is 0 Å². The zero-order valence-electron chi connectivity index (χ0n) is 5.69. The van der Waals surface area contributed by atoms with Gasteiger partial charge in [0.2, 0.25) is 0 Å². The summed E-state index contributed by atoms with van der Waals surface area (Å²) in [5, 5.41) is 1.88.